The zero-order valence-corrected chi connectivity index (χ0v) is 22.5. The van der Waals surface area contributed by atoms with E-state index in [-0.39, 0.29) is 36.4 Å². The molecule has 2 aromatic rings. The first-order valence-corrected chi connectivity index (χ1v) is 14.0. The minimum atomic E-state index is -3.62. The van der Waals surface area contributed by atoms with Crippen LogP contribution in [0.4, 0.5) is 30.7 Å². The van der Waals surface area contributed by atoms with Crippen LogP contribution in [0.15, 0.2) is 24.3 Å². The molecule has 2 fully saturated rings. The van der Waals surface area contributed by atoms with Crippen molar-refractivity contribution in [1.82, 2.24) is 0 Å². The molecule has 2 aliphatic rings. The lowest BCUT2D eigenvalue weighted by atomic mass is 9.69. The van der Waals surface area contributed by atoms with Gasteiger partial charge in [-0.15, -0.1) is 0 Å². The second kappa shape index (κ2) is 13.3. The smallest absolute Gasteiger partial charge is 0.397 e. The van der Waals surface area contributed by atoms with E-state index in [1.54, 1.807) is 6.92 Å². The van der Waals surface area contributed by atoms with E-state index in [0.29, 0.717) is 30.6 Å². The van der Waals surface area contributed by atoms with Crippen LogP contribution in [0.3, 0.4) is 0 Å². The molecule has 0 N–H and O–H groups in total. The maximum absolute atomic E-state index is 14.3. The highest BCUT2D eigenvalue weighted by molar-refractivity contribution is 5.35. The van der Waals surface area contributed by atoms with Gasteiger partial charge in [-0.25, -0.2) is 13.2 Å². The van der Waals surface area contributed by atoms with Crippen LogP contribution >= 0.6 is 0 Å². The van der Waals surface area contributed by atoms with Crippen molar-refractivity contribution in [1.29, 1.82) is 0 Å². The fourth-order valence-electron chi connectivity index (χ4n) is 6.06. The summed E-state index contributed by atoms with van der Waals surface area (Å²) in [6.07, 6.45) is 3.46. The van der Waals surface area contributed by atoms with Crippen LogP contribution in [0.2, 0.25) is 0 Å². The summed E-state index contributed by atoms with van der Waals surface area (Å²) < 4.78 is 112. The molecule has 0 aromatic heterocycles. The molecule has 0 amide bonds. The largest absolute Gasteiger partial charge is 0.491 e. The Labute approximate surface area is 230 Å². The van der Waals surface area contributed by atoms with Crippen LogP contribution in [0.5, 0.6) is 17.2 Å². The van der Waals surface area contributed by atoms with E-state index in [4.69, 9.17) is 9.47 Å². The molecule has 222 valence electrons. The summed E-state index contributed by atoms with van der Waals surface area (Å²) in [4.78, 5) is 0. The maximum Gasteiger partial charge on any atom is 0.397 e. The van der Waals surface area contributed by atoms with Gasteiger partial charge in [-0.1, -0.05) is 12.8 Å². The van der Waals surface area contributed by atoms with Crippen LogP contribution in [-0.4, -0.2) is 19.3 Å². The molecule has 0 aliphatic heterocycles. The van der Waals surface area contributed by atoms with E-state index < -0.39 is 47.4 Å². The number of hydrogen-bond donors (Lipinski definition) is 0. The average molecular weight is 577 g/mol. The van der Waals surface area contributed by atoms with Gasteiger partial charge in [-0.3, -0.25) is 0 Å². The predicted molar refractivity (Wildman–Crippen MR) is 135 cm³/mol. The van der Waals surface area contributed by atoms with Gasteiger partial charge in [0.25, 0.3) is 0 Å². The summed E-state index contributed by atoms with van der Waals surface area (Å²) in [6, 6.07) is 3.58. The number of benzene rings is 2. The Morgan fingerprint density at radius 3 is 1.73 bits per heavy atom. The quantitative estimate of drug-likeness (QED) is 0.197. The van der Waals surface area contributed by atoms with Gasteiger partial charge in [0.2, 0.25) is 11.6 Å². The summed E-state index contributed by atoms with van der Waals surface area (Å²) in [5.74, 6) is -6.54. The molecule has 2 aromatic carbocycles. The first kappa shape index (κ1) is 30.3. The third kappa shape index (κ3) is 7.75. The number of alkyl halides is 2. The van der Waals surface area contributed by atoms with E-state index >= 15 is 0 Å². The third-order valence-electron chi connectivity index (χ3n) is 8.30. The molecule has 0 bridgehead atoms. The summed E-state index contributed by atoms with van der Waals surface area (Å²) in [5, 5.41) is 0. The Balaban J connectivity index is 1.16. The summed E-state index contributed by atoms with van der Waals surface area (Å²) in [5.41, 5.74) is 0. The van der Waals surface area contributed by atoms with Gasteiger partial charge >= 0.3 is 6.11 Å². The maximum atomic E-state index is 14.3. The highest BCUT2D eigenvalue weighted by Crippen LogP contribution is 2.43. The summed E-state index contributed by atoms with van der Waals surface area (Å²) in [7, 11) is 0. The SMILES string of the molecule is CCOc1ccc(OCC2CCC(C3CCC(CCC(F)(F)Oc4cc(F)c(F)c(F)c4)CC3)CC2)c(F)c1F. The molecule has 2 saturated carbocycles. The second-order valence-electron chi connectivity index (χ2n) is 11.0. The highest BCUT2D eigenvalue weighted by Gasteiger charge is 2.36. The van der Waals surface area contributed by atoms with Gasteiger partial charge in [-0.2, -0.15) is 17.6 Å². The van der Waals surface area contributed by atoms with Crippen molar-refractivity contribution in [2.24, 2.45) is 23.7 Å². The number of hydrogen-bond acceptors (Lipinski definition) is 3. The zero-order valence-electron chi connectivity index (χ0n) is 22.5. The van der Waals surface area contributed by atoms with Gasteiger partial charge in [0.1, 0.15) is 5.75 Å². The summed E-state index contributed by atoms with van der Waals surface area (Å²) >= 11 is 0. The molecule has 4 rings (SSSR count). The molecule has 40 heavy (non-hydrogen) atoms. The Kier molecular flexibility index (Phi) is 10.1. The van der Waals surface area contributed by atoms with Gasteiger partial charge in [0.05, 0.1) is 19.6 Å². The number of rotatable bonds is 11. The molecule has 10 heteroatoms. The Bertz CT molecular complexity index is 1100. The molecular formula is C30H35F7O3. The van der Waals surface area contributed by atoms with Crippen LogP contribution in [0.1, 0.15) is 71.1 Å². The number of halogens is 7. The van der Waals surface area contributed by atoms with E-state index in [9.17, 15) is 30.7 Å². The Hall–Kier alpha value is -2.65. The van der Waals surface area contributed by atoms with Gasteiger partial charge < -0.3 is 14.2 Å². The van der Waals surface area contributed by atoms with Crippen LogP contribution in [0.25, 0.3) is 0 Å². The topological polar surface area (TPSA) is 27.7 Å². The molecule has 2 aliphatic carbocycles. The van der Waals surface area contributed by atoms with Crippen molar-refractivity contribution < 1.29 is 44.9 Å². The van der Waals surface area contributed by atoms with Gasteiger partial charge in [0.15, 0.2) is 29.0 Å². The second-order valence-corrected chi connectivity index (χ2v) is 11.0. The lowest BCUT2D eigenvalue weighted by Gasteiger charge is -2.38. The van der Waals surface area contributed by atoms with Gasteiger partial charge in [0, 0.05) is 12.1 Å². The number of ether oxygens (including phenoxy) is 3. The minimum absolute atomic E-state index is 0.113. The van der Waals surface area contributed by atoms with Gasteiger partial charge in [-0.05, 0) is 87.7 Å². The van der Waals surface area contributed by atoms with E-state index in [1.807, 2.05) is 0 Å². The van der Waals surface area contributed by atoms with Crippen molar-refractivity contribution in [2.75, 3.05) is 13.2 Å². The van der Waals surface area contributed by atoms with E-state index in [1.165, 1.54) is 12.1 Å². The van der Waals surface area contributed by atoms with E-state index in [0.717, 1.165) is 51.4 Å². The summed E-state index contributed by atoms with van der Waals surface area (Å²) in [6.45, 7) is 2.24. The fourth-order valence-corrected chi connectivity index (χ4v) is 6.06. The lowest BCUT2D eigenvalue weighted by Crippen LogP contribution is -2.29. The van der Waals surface area contributed by atoms with Crippen molar-refractivity contribution in [3.05, 3.63) is 53.4 Å². The highest BCUT2D eigenvalue weighted by atomic mass is 19.3. The Morgan fingerprint density at radius 1 is 0.700 bits per heavy atom. The van der Waals surface area contributed by atoms with Crippen LogP contribution in [-0.2, 0) is 0 Å². The normalized spacial score (nSPS) is 23.6. The van der Waals surface area contributed by atoms with Crippen molar-refractivity contribution in [2.45, 2.75) is 77.2 Å². The standard InChI is InChI=1S/C30H35F7O3/c1-2-38-25-11-12-26(29(35)28(25)34)39-17-19-5-9-21(10-6-19)20-7-3-18(4-8-20)13-14-30(36,37)40-22-15-23(31)27(33)24(32)16-22/h11-12,15-16,18-21H,2-10,13-14,17H2,1H3. The molecule has 0 spiro atoms. The average Bonchev–Trinajstić information content (AvgIpc) is 2.93. The van der Waals surface area contributed by atoms with E-state index in [2.05, 4.69) is 4.74 Å². The van der Waals surface area contributed by atoms with Crippen molar-refractivity contribution in [3.63, 3.8) is 0 Å². The molecule has 0 radical (unpaired) electrons. The van der Waals surface area contributed by atoms with Crippen molar-refractivity contribution in [3.8, 4) is 17.2 Å². The molecule has 0 heterocycles. The molecule has 0 atom stereocenters. The zero-order chi connectivity index (χ0) is 28.9. The fraction of sp³-hybridized carbons (Fsp3) is 0.600. The van der Waals surface area contributed by atoms with Crippen molar-refractivity contribution >= 4 is 0 Å². The van der Waals surface area contributed by atoms with Crippen LogP contribution in [0, 0.1) is 52.8 Å². The van der Waals surface area contributed by atoms with Crippen LogP contribution < -0.4 is 14.2 Å². The molecule has 0 saturated heterocycles. The Morgan fingerprint density at radius 2 is 1.20 bits per heavy atom. The molecule has 0 unspecified atom stereocenters. The molecular weight excluding hydrogens is 541 g/mol. The predicted octanol–water partition coefficient (Wildman–Crippen LogP) is 9.22. The molecule has 3 nitrogen and oxygen atoms in total. The first-order valence-electron chi connectivity index (χ1n) is 14.0. The third-order valence-corrected chi connectivity index (χ3v) is 8.30. The minimum Gasteiger partial charge on any atom is -0.491 e. The monoisotopic (exact) mass is 576 g/mol. The first-order chi connectivity index (χ1) is 19.1. The lowest BCUT2D eigenvalue weighted by molar-refractivity contribution is -0.183.